The zero-order valence-electron chi connectivity index (χ0n) is 19.6. The molecular formula is C24H34N4O5. The number of nitrogens with one attached hydrogen (secondary N) is 2. The average molecular weight is 459 g/mol. The highest BCUT2D eigenvalue weighted by Crippen LogP contribution is 2.32. The third kappa shape index (κ3) is 5.65. The Morgan fingerprint density at radius 2 is 1.94 bits per heavy atom. The minimum absolute atomic E-state index is 0.0357. The summed E-state index contributed by atoms with van der Waals surface area (Å²) < 4.78 is 12.2. The molecule has 0 unspecified atom stereocenters. The highest BCUT2D eigenvalue weighted by molar-refractivity contribution is 6.00. The average Bonchev–Trinajstić information content (AvgIpc) is 2.73. The Labute approximate surface area is 194 Å². The van der Waals surface area contributed by atoms with Crippen molar-refractivity contribution in [2.45, 2.75) is 62.8 Å². The Bertz CT molecular complexity index is 901. The summed E-state index contributed by atoms with van der Waals surface area (Å²) in [5.41, 5.74) is 0.973. The van der Waals surface area contributed by atoms with E-state index >= 15 is 0 Å². The SMILES string of the molecule is CN(C)CC(=O)Nc1ccc2c(c1)C(=O)N(C)[C@H]1CC[C@H](CC(=O)NC3CCC3)O[C@@H]1CO2. The van der Waals surface area contributed by atoms with Gasteiger partial charge in [-0.2, -0.15) is 0 Å². The molecule has 2 N–H and O–H groups in total. The van der Waals surface area contributed by atoms with Crippen LogP contribution in [0.4, 0.5) is 5.69 Å². The Balaban J connectivity index is 1.42. The minimum atomic E-state index is -0.304. The van der Waals surface area contributed by atoms with E-state index in [1.807, 2.05) is 14.1 Å². The lowest BCUT2D eigenvalue weighted by Gasteiger charge is -2.42. The summed E-state index contributed by atoms with van der Waals surface area (Å²) in [6, 6.07) is 5.28. The molecule has 1 aromatic rings. The Kier molecular flexibility index (Phi) is 7.19. The van der Waals surface area contributed by atoms with E-state index in [0.717, 1.165) is 19.3 Å². The van der Waals surface area contributed by atoms with Crippen molar-refractivity contribution in [3.05, 3.63) is 23.8 Å². The lowest BCUT2D eigenvalue weighted by atomic mass is 9.92. The molecule has 9 heteroatoms. The first-order valence-electron chi connectivity index (χ1n) is 11.7. The molecule has 1 saturated carbocycles. The van der Waals surface area contributed by atoms with Gasteiger partial charge in [0.2, 0.25) is 11.8 Å². The molecule has 2 aliphatic heterocycles. The van der Waals surface area contributed by atoms with E-state index in [1.54, 1.807) is 35.0 Å². The summed E-state index contributed by atoms with van der Waals surface area (Å²) in [6.07, 6.45) is 4.61. The number of hydrogen-bond acceptors (Lipinski definition) is 6. The molecule has 2 heterocycles. The molecule has 0 bridgehead atoms. The van der Waals surface area contributed by atoms with Gasteiger partial charge in [-0.1, -0.05) is 0 Å². The van der Waals surface area contributed by atoms with Crippen LogP contribution in [0, 0.1) is 0 Å². The normalized spacial score (nSPS) is 25.2. The maximum Gasteiger partial charge on any atom is 0.257 e. The first kappa shape index (κ1) is 23.5. The van der Waals surface area contributed by atoms with Gasteiger partial charge in [0.15, 0.2) is 0 Å². The molecule has 9 nitrogen and oxygen atoms in total. The van der Waals surface area contributed by atoms with Gasteiger partial charge in [0.25, 0.3) is 5.91 Å². The molecule has 0 spiro atoms. The van der Waals surface area contributed by atoms with Crippen LogP contribution in [0.15, 0.2) is 18.2 Å². The fourth-order valence-electron chi connectivity index (χ4n) is 4.64. The Hall–Kier alpha value is -2.65. The highest BCUT2D eigenvalue weighted by atomic mass is 16.5. The van der Waals surface area contributed by atoms with Gasteiger partial charge in [0.1, 0.15) is 18.5 Å². The number of nitrogens with zero attached hydrogens (tertiary/aromatic N) is 2. The van der Waals surface area contributed by atoms with E-state index < -0.39 is 0 Å². The number of hydrogen-bond donors (Lipinski definition) is 2. The van der Waals surface area contributed by atoms with Gasteiger partial charge in [-0.25, -0.2) is 0 Å². The number of fused-ring (bicyclic) bond motifs is 2. The van der Waals surface area contributed by atoms with Crippen molar-refractivity contribution in [3.63, 3.8) is 0 Å². The largest absolute Gasteiger partial charge is 0.490 e. The maximum absolute atomic E-state index is 13.3. The molecule has 0 radical (unpaired) electrons. The van der Waals surface area contributed by atoms with Crippen molar-refractivity contribution in [1.82, 2.24) is 15.1 Å². The molecule has 3 amide bonds. The van der Waals surface area contributed by atoms with Crippen LogP contribution in [0.2, 0.25) is 0 Å². The van der Waals surface area contributed by atoms with Crippen LogP contribution >= 0.6 is 0 Å². The van der Waals surface area contributed by atoms with Crippen molar-refractivity contribution in [2.24, 2.45) is 0 Å². The fraction of sp³-hybridized carbons (Fsp3) is 0.625. The molecule has 180 valence electrons. The third-order valence-corrected chi connectivity index (χ3v) is 6.64. The number of carbonyl (C=O) groups is 3. The molecule has 0 aromatic heterocycles. The van der Waals surface area contributed by atoms with Crippen LogP contribution in [0.25, 0.3) is 0 Å². The minimum Gasteiger partial charge on any atom is -0.490 e. The number of rotatable bonds is 6. The van der Waals surface area contributed by atoms with Gasteiger partial charge in [0, 0.05) is 18.8 Å². The predicted molar refractivity (Wildman–Crippen MR) is 123 cm³/mol. The smallest absolute Gasteiger partial charge is 0.257 e. The number of amides is 3. The van der Waals surface area contributed by atoms with Crippen LogP contribution < -0.4 is 15.4 Å². The van der Waals surface area contributed by atoms with E-state index in [9.17, 15) is 14.4 Å². The van der Waals surface area contributed by atoms with E-state index in [0.29, 0.717) is 42.5 Å². The molecular weight excluding hydrogens is 424 g/mol. The molecule has 1 aromatic carbocycles. The molecule has 2 fully saturated rings. The summed E-state index contributed by atoms with van der Waals surface area (Å²) >= 11 is 0. The molecule has 33 heavy (non-hydrogen) atoms. The van der Waals surface area contributed by atoms with Gasteiger partial charge in [-0.3, -0.25) is 14.4 Å². The Morgan fingerprint density at radius 1 is 1.15 bits per heavy atom. The molecule has 3 aliphatic rings. The number of ether oxygens (including phenoxy) is 2. The lowest BCUT2D eigenvalue weighted by molar-refractivity contribution is -0.135. The van der Waals surface area contributed by atoms with Crippen LogP contribution in [0.3, 0.4) is 0 Å². The molecule has 1 saturated heterocycles. The van der Waals surface area contributed by atoms with Gasteiger partial charge < -0.3 is 29.9 Å². The predicted octanol–water partition coefficient (Wildman–Crippen LogP) is 1.63. The van der Waals surface area contributed by atoms with Crippen LogP contribution in [0.1, 0.15) is 48.9 Å². The Morgan fingerprint density at radius 3 is 2.64 bits per heavy atom. The molecule has 3 atom stereocenters. The molecule has 1 aliphatic carbocycles. The van der Waals surface area contributed by atoms with E-state index in [1.165, 1.54) is 6.42 Å². The number of anilines is 1. The zero-order chi connectivity index (χ0) is 23.5. The fourth-order valence-corrected chi connectivity index (χ4v) is 4.64. The standard InChI is InChI=1S/C24H34N4O5/c1-27(2)13-23(30)26-16-7-10-20-18(11-16)24(31)28(3)19-9-8-17(33-21(19)14-32-20)12-22(29)25-15-5-4-6-15/h7,10-11,15,17,19,21H,4-6,8-9,12-14H2,1-3H3,(H,25,29)(H,26,30)/t17-,19+,21-/m1/s1. The number of carbonyl (C=O) groups excluding carboxylic acids is 3. The second-order valence-corrected chi connectivity index (χ2v) is 9.56. The van der Waals surface area contributed by atoms with Gasteiger partial charge in [-0.05, 0) is 64.4 Å². The number of likely N-dealkylation sites (N-methyl/N-ethyl adjacent to an activating group) is 2. The second-order valence-electron chi connectivity index (χ2n) is 9.56. The monoisotopic (exact) mass is 458 g/mol. The van der Waals surface area contributed by atoms with Crippen molar-refractivity contribution in [3.8, 4) is 5.75 Å². The van der Waals surface area contributed by atoms with E-state index in [-0.39, 0.29) is 42.5 Å². The van der Waals surface area contributed by atoms with Crippen LogP contribution in [-0.2, 0) is 14.3 Å². The van der Waals surface area contributed by atoms with Crippen LogP contribution in [0.5, 0.6) is 5.75 Å². The first-order chi connectivity index (χ1) is 15.8. The number of benzene rings is 1. The zero-order valence-corrected chi connectivity index (χ0v) is 19.6. The maximum atomic E-state index is 13.3. The summed E-state index contributed by atoms with van der Waals surface area (Å²) in [4.78, 5) is 41.2. The summed E-state index contributed by atoms with van der Waals surface area (Å²) in [6.45, 7) is 0.546. The van der Waals surface area contributed by atoms with Gasteiger partial charge >= 0.3 is 0 Å². The topological polar surface area (TPSA) is 100 Å². The quantitative estimate of drug-likeness (QED) is 0.672. The van der Waals surface area contributed by atoms with Crippen molar-refractivity contribution in [2.75, 3.05) is 39.6 Å². The summed E-state index contributed by atoms with van der Waals surface area (Å²) in [7, 11) is 5.42. The first-order valence-corrected chi connectivity index (χ1v) is 11.7. The summed E-state index contributed by atoms with van der Waals surface area (Å²) in [5.74, 6) is 0.173. The van der Waals surface area contributed by atoms with Crippen molar-refractivity contribution in [1.29, 1.82) is 0 Å². The summed E-state index contributed by atoms with van der Waals surface area (Å²) in [5, 5.41) is 5.90. The molecule has 4 rings (SSSR count). The second kappa shape index (κ2) is 10.1. The van der Waals surface area contributed by atoms with Crippen LogP contribution in [-0.4, -0.2) is 86.1 Å². The van der Waals surface area contributed by atoms with E-state index in [4.69, 9.17) is 9.47 Å². The highest BCUT2D eigenvalue weighted by Gasteiger charge is 2.39. The lowest BCUT2D eigenvalue weighted by Crippen LogP contribution is -2.54. The van der Waals surface area contributed by atoms with Crippen molar-refractivity contribution < 1.29 is 23.9 Å². The van der Waals surface area contributed by atoms with Crippen molar-refractivity contribution >= 4 is 23.4 Å². The van der Waals surface area contributed by atoms with Gasteiger partial charge in [-0.15, -0.1) is 0 Å². The van der Waals surface area contributed by atoms with Gasteiger partial charge in [0.05, 0.1) is 30.7 Å². The third-order valence-electron chi connectivity index (χ3n) is 6.64. The van der Waals surface area contributed by atoms with E-state index in [2.05, 4.69) is 10.6 Å².